The zero-order chi connectivity index (χ0) is 11.7. The molecule has 0 aromatic carbocycles. The minimum Gasteiger partial charge on any atom is -0.293 e. The first-order chi connectivity index (χ1) is 7.56. The third kappa shape index (κ3) is 2.19. The fourth-order valence-corrected chi connectivity index (χ4v) is 2.41. The van der Waals surface area contributed by atoms with Crippen molar-refractivity contribution in [2.24, 2.45) is 7.05 Å². The minimum absolute atomic E-state index is 0.113. The molecule has 0 atom stereocenters. The number of rotatable bonds is 3. The van der Waals surface area contributed by atoms with Crippen LogP contribution < -0.4 is 0 Å². The molecule has 4 nitrogen and oxygen atoms in total. The zero-order valence-electron chi connectivity index (χ0n) is 9.52. The molecule has 0 aliphatic carbocycles. The summed E-state index contributed by atoms with van der Waals surface area (Å²) in [6, 6.07) is 1.94. The number of carbonyl (C=O) groups excluding carboxylic acids is 1. The summed E-state index contributed by atoms with van der Waals surface area (Å²) in [5, 5.41) is 7.71. The molecule has 0 radical (unpaired) electrons. The van der Waals surface area contributed by atoms with Gasteiger partial charge in [-0.25, -0.2) is 0 Å². The predicted molar refractivity (Wildman–Crippen MR) is 62.8 cm³/mol. The van der Waals surface area contributed by atoms with Crippen molar-refractivity contribution in [3.63, 3.8) is 0 Å². The maximum absolute atomic E-state index is 11.9. The number of carbonyl (C=O) groups is 1. The van der Waals surface area contributed by atoms with Gasteiger partial charge in [-0.3, -0.25) is 9.48 Å². The van der Waals surface area contributed by atoms with E-state index in [-0.39, 0.29) is 5.78 Å². The lowest BCUT2D eigenvalue weighted by Crippen LogP contribution is -2.01. The molecule has 2 rings (SSSR count). The van der Waals surface area contributed by atoms with Crippen LogP contribution in [0.2, 0.25) is 0 Å². The molecule has 84 valence electrons. The standard InChI is InChI=1S/C11H13N3OS/c1-7-4-11(16-8(7)2)10(15)5-9-6-14(3)13-12-9/h4,6H,5H2,1-3H3. The summed E-state index contributed by atoms with van der Waals surface area (Å²) in [5.41, 5.74) is 1.89. The largest absolute Gasteiger partial charge is 0.293 e. The van der Waals surface area contributed by atoms with E-state index in [0.29, 0.717) is 6.42 Å². The van der Waals surface area contributed by atoms with Gasteiger partial charge in [0.25, 0.3) is 0 Å². The molecule has 0 aliphatic heterocycles. The average molecular weight is 235 g/mol. The fraction of sp³-hybridized carbons (Fsp3) is 0.364. The molecule has 2 aromatic heterocycles. The second-order valence-electron chi connectivity index (χ2n) is 3.83. The summed E-state index contributed by atoms with van der Waals surface area (Å²) in [6.07, 6.45) is 2.10. The van der Waals surface area contributed by atoms with Gasteiger partial charge in [-0.05, 0) is 25.5 Å². The molecular formula is C11H13N3OS. The van der Waals surface area contributed by atoms with Gasteiger partial charge in [0.2, 0.25) is 0 Å². The van der Waals surface area contributed by atoms with Crippen molar-refractivity contribution < 1.29 is 4.79 Å². The lowest BCUT2D eigenvalue weighted by molar-refractivity contribution is 0.0995. The Balaban J connectivity index is 2.14. The number of hydrogen-bond acceptors (Lipinski definition) is 4. The van der Waals surface area contributed by atoms with Gasteiger partial charge >= 0.3 is 0 Å². The van der Waals surface area contributed by atoms with Crippen LogP contribution in [0.25, 0.3) is 0 Å². The van der Waals surface area contributed by atoms with Crippen LogP contribution in [0, 0.1) is 13.8 Å². The van der Waals surface area contributed by atoms with Gasteiger partial charge in [0.1, 0.15) is 0 Å². The summed E-state index contributed by atoms with van der Waals surface area (Å²) in [4.78, 5) is 13.9. The van der Waals surface area contributed by atoms with Crippen molar-refractivity contribution in [1.82, 2.24) is 15.0 Å². The van der Waals surface area contributed by atoms with Crippen molar-refractivity contribution >= 4 is 17.1 Å². The number of Topliss-reactive ketones (excluding diaryl/α,β-unsaturated/α-hetero) is 1. The van der Waals surface area contributed by atoms with E-state index in [1.807, 2.05) is 19.9 Å². The molecule has 16 heavy (non-hydrogen) atoms. The Hall–Kier alpha value is -1.49. The van der Waals surface area contributed by atoms with Crippen LogP contribution in [-0.2, 0) is 13.5 Å². The Morgan fingerprint density at radius 3 is 2.75 bits per heavy atom. The highest BCUT2D eigenvalue weighted by Gasteiger charge is 2.12. The van der Waals surface area contributed by atoms with Gasteiger partial charge in [-0.2, -0.15) is 0 Å². The van der Waals surface area contributed by atoms with E-state index in [9.17, 15) is 4.79 Å². The van der Waals surface area contributed by atoms with Crippen LogP contribution in [-0.4, -0.2) is 20.8 Å². The number of ketones is 1. The first-order valence-corrected chi connectivity index (χ1v) is 5.83. The maximum Gasteiger partial charge on any atom is 0.178 e. The number of thiophene rings is 1. The van der Waals surface area contributed by atoms with E-state index in [0.717, 1.165) is 10.6 Å². The van der Waals surface area contributed by atoms with Gasteiger partial charge in [0.05, 0.1) is 17.0 Å². The average Bonchev–Trinajstić information content (AvgIpc) is 2.75. The Bertz CT molecular complexity index is 508. The van der Waals surface area contributed by atoms with Crippen LogP contribution >= 0.6 is 11.3 Å². The van der Waals surface area contributed by atoms with Crippen molar-refractivity contribution in [2.45, 2.75) is 20.3 Å². The van der Waals surface area contributed by atoms with Crippen LogP contribution in [0.3, 0.4) is 0 Å². The molecule has 0 amide bonds. The van der Waals surface area contributed by atoms with E-state index in [2.05, 4.69) is 10.3 Å². The third-order valence-electron chi connectivity index (χ3n) is 2.43. The predicted octanol–water partition coefficient (Wildman–Crippen LogP) is 1.92. The van der Waals surface area contributed by atoms with Gasteiger partial charge < -0.3 is 0 Å². The van der Waals surface area contributed by atoms with E-state index < -0.39 is 0 Å². The quantitative estimate of drug-likeness (QED) is 0.764. The SMILES string of the molecule is Cc1cc(C(=O)Cc2cn(C)nn2)sc1C. The normalized spacial score (nSPS) is 10.7. The first kappa shape index (κ1) is 11.0. The molecular weight excluding hydrogens is 222 g/mol. The number of aromatic nitrogens is 3. The first-order valence-electron chi connectivity index (χ1n) is 5.01. The molecule has 2 heterocycles. The van der Waals surface area contributed by atoms with Crippen molar-refractivity contribution in [3.05, 3.63) is 33.3 Å². The smallest absolute Gasteiger partial charge is 0.178 e. The van der Waals surface area contributed by atoms with Crippen LogP contribution in [0.1, 0.15) is 25.8 Å². The molecule has 0 saturated carbocycles. The van der Waals surface area contributed by atoms with Gasteiger partial charge in [-0.1, -0.05) is 5.21 Å². The van der Waals surface area contributed by atoms with E-state index >= 15 is 0 Å². The second kappa shape index (κ2) is 4.17. The monoisotopic (exact) mass is 235 g/mol. The summed E-state index contributed by atoms with van der Waals surface area (Å²) < 4.78 is 1.60. The van der Waals surface area contributed by atoms with Gasteiger partial charge in [0, 0.05) is 18.1 Å². The van der Waals surface area contributed by atoms with Gasteiger partial charge in [0.15, 0.2) is 5.78 Å². The maximum atomic E-state index is 11.9. The summed E-state index contributed by atoms with van der Waals surface area (Å²) in [5.74, 6) is 0.113. The molecule has 5 heteroatoms. The molecule has 0 aliphatic rings. The Morgan fingerprint density at radius 2 is 2.25 bits per heavy atom. The Morgan fingerprint density at radius 1 is 1.50 bits per heavy atom. The third-order valence-corrected chi connectivity index (χ3v) is 3.63. The summed E-state index contributed by atoms with van der Waals surface area (Å²) in [6.45, 7) is 4.05. The molecule has 0 unspecified atom stereocenters. The van der Waals surface area contributed by atoms with Crippen molar-refractivity contribution in [2.75, 3.05) is 0 Å². The van der Waals surface area contributed by atoms with Crippen LogP contribution in [0.15, 0.2) is 12.3 Å². The van der Waals surface area contributed by atoms with E-state index in [1.165, 1.54) is 10.4 Å². The number of hydrogen-bond donors (Lipinski definition) is 0. The fourth-order valence-electron chi connectivity index (χ4n) is 1.44. The molecule has 0 bridgehead atoms. The Labute approximate surface area is 97.9 Å². The second-order valence-corrected chi connectivity index (χ2v) is 5.09. The molecule has 2 aromatic rings. The lowest BCUT2D eigenvalue weighted by atomic mass is 10.2. The van der Waals surface area contributed by atoms with Crippen molar-refractivity contribution in [3.8, 4) is 0 Å². The van der Waals surface area contributed by atoms with Crippen LogP contribution in [0.4, 0.5) is 0 Å². The highest BCUT2D eigenvalue weighted by atomic mass is 32.1. The molecule has 0 spiro atoms. The Kier molecular flexibility index (Phi) is 2.87. The highest BCUT2D eigenvalue weighted by Crippen LogP contribution is 2.21. The van der Waals surface area contributed by atoms with E-state index in [4.69, 9.17) is 0 Å². The van der Waals surface area contributed by atoms with E-state index in [1.54, 1.807) is 29.3 Å². The topological polar surface area (TPSA) is 47.8 Å². The van der Waals surface area contributed by atoms with Crippen molar-refractivity contribution in [1.29, 1.82) is 0 Å². The lowest BCUT2D eigenvalue weighted by Gasteiger charge is -1.92. The highest BCUT2D eigenvalue weighted by molar-refractivity contribution is 7.14. The zero-order valence-corrected chi connectivity index (χ0v) is 10.3. The number of nitrogens with zero attached hydrogens (tertiary/aromatic N) is 3. The molecule has 0 saturated heterocycles. The summed E-state index contributed by atoms with van der Waals surface area (Å²) >= 11 is 1.54. The minimum atomic E-state index is 0.113. The molecule has 0 fully saturated rings. The van der Waals surface area contributed by atoms with Crippen LogP contribution in [0.5, 0.6) is 0 Å². The summed E-state index contributed by atoms with van der Waals surface area (Å²) in [7, 11) is 1.79. The number of aryl methyl sites for hydroxylation is 3. The van der Waals surface area contributed by atoms with Gasteiger partial charge in [-0.15, -0.1) is 16.4 Å². The molecule has 0 N–H and O–H groups in total.